The van der Waals surface area contributed by atoms with E-state index in [1.165, 1.54) is 0 Å². The molecule has 0 aromatic heterocycles. The van der Waals surface area contributed by atoms with Crippen LogP contribution in [0.15, 0.2) is 54.6 Å². The molecule has 2 aromatic carbocycles. The zero-order valence-corrected chi connectivity index (χ0v) is 8.41. The van der Waals surface area contributed by atoms with Crippen molar-refractivity contribution in [2.75, 3.05) is 7.11 Å². The number of rotatable bonds is 1. The van der Waals surface area contributed by atoms with Gasteiger partial charge in [0.15, 0.2) is 0 Å². The fraction of sp³-hybridized carbons (Fsp3) is 0.0909. The Morgan fingerprint density at radius 3 is 1.54 bits per heavy atom. The molecule has 1 nitrogen and oxygen atoms in total. The third-order valence-corrected chi connectivity index (χ3v) is 1.42. The molecule has 0 saturated heterocycles. The molecule has 0 fully saturated rings. The van der Waals surface area contributed by atoms with E-state index in [-0.39, 0.29) is 16.5 Å². The molecular formula is C11H12NiO-6. The Morgan fingerprint density at radius 2 is 1.31 bits per heavy atom. The second kappa shape index (κ2) is 7.63. The molecule has 0 aliphatic carbocycles. The molecule has 0 atom stereocenters. The molecule has 0 saturated carbocycles. The molecule has 2 heteroatoms. The number of hydrogen-bond acceptors (Lipinski definition) is 1. The predicted octanol–water partition coefficient (Wildman–Crippen LogP) is 2.82. The second-order valence-electron chi connectivity index (χ2n) is 2.29. The van der Waals surface area contributed by atoms with E-state index in [1.807, 2.05) is 54.6 Å². The minimum atomic E-state index is 0. The maximum absolute atomic E-state index is 4.85. The van der Waals surface area contributed by atoms with E-state index in [0.717, 1.165) is 5.75 Å². The SMILES string of the molecule is CO[c-]1cccc1.[Ni].[cH-]1[cH-][cH-][cH-][cH-]1. The van der Waals surface area contributed by atoms with Crippen molar-refractivity contribution < 1.29 is 21.2 Å². The summed E-state index contributed by atoms with van der Waals surface area (Å²) in [6, 6.07) is 17.7. The van der Waals surface area contributed by atoms with Gasteiger partial charge in [-0.05, 0) is 0 Å². The van der Waals surface area contributed by atoms with Crippen molar-refractivity contribution in [2.45, 2.75) is 0 Å². The zero-order chi connectivity index (χ0) is 8.65. The fourth-order valence-corrected chi connectivity index (χ4v) is 0.813. The topological polar surface area (TPSA) is 9.23 Å². The maximum Gasteiger partial charge on any atom is 0.0606 e. The van der Waals surface area contributed by atoms with Crippen LogP contribution in [0.25, 0.3) is 0 Å². The van der Waals surface area contributed by atoms with Crippen molar-refractivity contribution >= 4 is 0 Å². The summed E-state index contributed by atoms with van der Waals surface area (Å²) in [5.74, 6) is 0.931. The summed E-state index contributed by atoms with van der Waals surface area (Å²) in [7, 11) is 1.66. The van der Waals surface area contributed by atoms with E-state index in [1.54, 1.807) is 7.11 Å². The molecule has 0 radical (unpaired) electrons. The zero-order valence-electron chi connectivity index (χ0n) is 7.42. The van der Waals surface area contributed by atoms with Gasteiger partial charge < -0.3 is 35.1 Å². The summed E-state index contributed by atoms with van der Waals surface area (Å²) in [6.45, 7) is 0. The Morgan fingerprint density at radius 1 is 0.923 bits per heavy atom. The molecule has 0 heterocycles. The molecule has 78 valence electrons. The molecular weight excluding hydrogens is 207 g/mol. The van der Waals surface area contributed by atoms with Crippen LogP contribution < -0.4 is 4.74 Å². The molecule has 0 N–H and O–H groups in total. The summed E-state index contributed by atoms with van der Waals surface area (Å²) < 4.78 is 4.85. The van der Waals surface area contributed by atoms with E-state index in [4.69, 9.17) is 4.74 Å². The van der Waals surface area contributed by atoms with Crippen molar-refractivity contribution in [3.8, 4) is 5.75 Å². The van der Waals surface area contributed by atoms with E-state index in [2.05, 4.69) is 0 Å². The van der Waals surface area contributed by atoms with Gasteiger partial charge >= 0.3 is 0 Å². The molecule has 0 bridgehead atoms. The Bertz CT molecular complexity index is 241. The smallest absolute Gasteiger partial charge is 0.0606 e. The summed E-state index contributed by atoms with van der Waals surface area (Å²) in [6.07, 6.45) is 0. The van der Waals surface area contributed by atoms with Gasteiger partial charge in [-0.25, -0.2) is 12.1 Å². The van der Waals surface area contributed by atoms with Gasteiger partial charge in [-0.15, -0.1) is 12.1 Å². The minimum absolute atomic E-state index is 0. The van der Waals surface area contributed by atoms with Crippen molar-refractivity contribution in [1.29, 1.82) is 0 Å². The van der Waals surface area contributed by atoms with Crippen LogP contribution in [0.4, 0.5) is 0 Å². The van der Waals surface area contributed by atoms with Crippen molar-refractivity contribution in [3.05, 3.63) is 54.6 Å². The first-order valence-corrected chi connectivity index (χ1v) is 3.86. The fourth-order valence-electron chi connectivity index (χ4n) is 0.813. The molecule has 0 spiro atoms. The first kappa shape index (κ1) is 12.0. The summed E-state index contributed by atoms with van der Waals surface area (Å²) in [5, 5.41) is 0. The van der Waals surface area contributed by atoms with Crippen LogP contribution >= 0.6 is 0 Å². The monoisotopic (exact) mass is 218 g/mol. The maximum atomic E-state index is 4.85. The first-order chi connectivity index (χ1) is 5.93. The van der Waals surface area contributed by atoms with Gasteiger partial charge in [0.1, 0.15) is 0 Å². The molecule has 0 amide bonds. The molecule has 2 rings (SSSR count). The molecule has 13 heavy (non-hydrogen) atoms. The van der Waals surface area contributed by atoms with Gasteiger partial charge in [-0.3, -0.25) is 0 Å². The summed E-state index contributed by atoms with van der Waals surface area (Å²) >= 11 is 0. The van der Waals surface area contributed by atoms with Crippen LogP contribution in [-0.2, 0) is 16.5 Å². The summed E-state index contributed by atoms with van der Waals surface area (Å²) in [5.41, 5.74) is 0. The van der Waals surface area contributed by atoms with Crippen LogP contribution in [0, 0.1) is 0 Å². The van der Waals surface area contributed by atoms with Crippen LogP contribution in [0.1, 0.15) is 0 Å². The van der Waals surface area contributed by atoms with Gasteiger partial charge in [0.05, 0.1) is 7.11 Å². The minimum Gasteiger partial charge on any atom is -0.748 e. The average Bonchev–Trinajstić information content (AvgIpc) is 2.81. The number of ether oxygens (including phenoxy) is 1. The van der Waals surface area contributed by atoms with Crippen LogP contribution in [-0.4, -0.2) is 7.11 Å². The van der Waals surface area contributed by atoms with Crippen molar-refractivity contribution in [1.82, 2.24) is 0 Å². The molecule has 0 aliphatic heterocycles. The van der Waals surface area contributed by atoms with Crippen LogP contribution in [0.3, 0.4) is 0 Å². The molecule has 0 aliphatic rings. The van der Waals surface area contributed by atoms with E-state index in [0.29, 0.717) is 0 Å². The Hall–Kier alpha value is -1.01. The quantitative estimate of drug-likeness (QED) is 0.529. The van der Waals surface area contributed by atoms with Gasteiger partial charge in [-0.2, -0.15) is 0 Å². The Balaban J connectivity index is 0.000000215. The largest absolute Gasteiger partial charge is 0.748 e. The van der Waals surface area contributed by atoms with E-state index in [9.17, 15) is 0 Å². The van der Waals surface area contributed by atoms with Crippen LogP contribution in [0.2, 0.25) is 0 Å². The second-order valence-corrected chi connectivity index (χ2v) is 2.29. The summed E-state index contributed by atoms with van der Waals surface area (Å²) in [4.78, 5) is 0. The first-order valence-electron chi connectivity index (χ1n) is 3.86. The standard InChI is InChI=1S/C6H7O.C5H5.Ni/c1-7-6-4-2-3-5-6;1-2-4-5-3-1;/h2-5H,1H3;1-5H;/q-1;-5;. The average molecular weight is 219 g/mol. The predicted molar refractivity (Wildman–Crippen MR) is 50.6 cm³/mol. The third kappa shape index (κ3) is 5.27. The Labute approximate surface area is 89.0 Å². The van der Waals surface area contributed by atoms with Gasteiger partial charge in [0.2, 0.25) is 0 Å². The molecule has 0 unspecified atom stereocenters. The van der Waals surface area contributed by atoms with Crippen molar-refractivity contribution in [2.24, 2.45) is 0 Å². The van der Waals surface area contributed by atoms with E-state index < -0.39 is 0 Å². The third-order valence-electron chi connectivity index (χ3n) is 1.42. The van der Waals surface area contributed by atoms with E-state index >= 15 is 0 Å². The molecule has 2 aromatic rings. The Kier molecular flexibility index (Phi) is 7.04. The number of methoxy groups -OCH3 is 1. The van der Waals surface area contributed by atoms with Gasteiger partial charge in [-0.1, -0.05) is 0 Å². The van der Waals surface area contributed by atoms with Crippen LogP contribution in [0.5, 0.6) is 5.75 Å². The van der Waals surface area contributed by atoms with Gasteiger partial charge in [0.25, 0.3) is 0 Å². The van der Waals surface area contributed by atoms with Gasteiger partial charge in [0, 0.05) is 22.2 Å². The number of hydrogen-bond donors (Lipinski definition) is 0. The van der Waals surface area contributed by atoms with Crippen molar-refractivity contribution in [3.63, 3.8) is 0 Å². The normalized spacial score (nSPS) is 7.77.